The second kappa shape index (κ2) is 8.85. The molecule has 7 aromatic rings. The highest BCUT2D eigenvalue weighted by atomic mass is 35.5. The minimum Gasteiger partial charge on any atom is -0.455 e. The number of aromatic amines is 1. The van der Waals surface area contributed by atoms with Crippen LogP contribution >= 0.6 is 11.6 Å². The first kappa shape index (κ1) is 21.7. The van der Waals surface area contributed by atoms with Crippen LogP contribution in [-0.2, 0) is 0 Å². The van der Waals surface area contributed by atoms with Gasteiger partial charge in [-0.25, -0.2) is 0 Å². The van der Waals surface area contributed by atoms with Crippen LogP contribution in [0.25, 0.3) is 66.7 Å². The number of hydrogen-bond acceptors (Lipinski definition) is 1. The van der Waals surface area contributed by atoms with Crippen LogP contribution in [0, 0.1) is 0 Å². The molecule has 3 heteroatoms. The molecule has 7 rings (SSSR count). The van der Waals surface area contributed by atoms with Gasteiger partial charge in [-0.2, -0.15) is 0 Å². The van der Waals surface area contributed by atoms with E-state index >= 15 is 0 Å². The van der Waals surface area contributed by atoms with Crippen molar-refractivity contribution in [2.45, 2.75) is 0 Å². The van der Waals surface area contributed by atoms with Gasteiger partial charge in [-0.05, 0) is 22.8 Å². The van der Waals surface area contributed by atoms with E-state index in [9.17, 15) is 0 Å². The van der Waals surface area contributed by atoms with E-state index in [0.29, 0.717) is 5.02 Å². The smallest absolute Gasteiger partial charge is 0.145 e. The van der Waals surface area contributed by atoms with Gasteiger partial charge in [0.1, 0.15) is 11.3 Å². The topological polar surface area (TPSA) is 28.9 Å². The van der Waals surface area contributed by atoms with E-state index < -0.39 is 0 Å². The molecule has 2 nitrogen and oxygen atoms in total. The minimum atomic E-state index is 0.666. The third-order valence-electron chi connectivity index (χ3n) is 6.91. The molecule has 0 radical (unpaired) electrons. The van der Waals surface area contributed by atoms with Gasteiger partial charge in [-0.15, -0.1) is 0 Å². The van der Waals surface area contributed by atoms with Crippen molar-refractivity contribution in [3.8, 4) is 44.8 Å². The van der Waals surface area contributed by atoms with E-state index in [4.69, 9.17) is 16.0 Å². The van der Waals surface area contributed by atoms with Crippen LogP contribution in [0.5, 0.6) is 0 Å². The third kappa shape index (κ3) is 3.57. The highest BCUT2D eigenvalue weighted by Crippen LogP contribution is 2.49. The van der Waals surface area contributed by atoms with E-state index in [1.807, 2.05) is 42.5 Å². The molecule has 5 aromatic carbocycles. The SMILES string of the molecule is Clc1cc2c(-c3ccccc3)c(-c3ccccc3)oc2c2c(-c3ccccc3)c(-c3ccccc3)[nH]c12. The van der Waals surface area contributed by atoms with Gasteiger partial charge >= 0.3 is 0 Å². The number of halogens is 1. The predicted octanol–water partition coefficient (Wildman–Crippen LogP) is 10.2. The zero-order valence-electron chi connectivity index (χ0n) is 19.9. The Morgan fingerprint density at radius 3 is 1.59 bits per heavy atom. The Morgan fingerprint density at radius 1 is 0.541 bits per heavy atom. The fourth-order valence-electron chi connectivity index (χ4n) is 5.27. The van der Waals surface area contributed by atoms with Crippen molar-refractivity contribution in [3.63, 3.8) is 0 Å². The lowest BCUT2D eigenvalue weighted by molar-refractivity contribution is 0.636. The molecule has 0 bridgehead atoms. The van der Waals surface area contributed by atoms with Crippen molar-refractivity contribution in [1.82, 2.24) is 4.98 Å². The van der Waals surface area contributed by atoms with Crippen LogP contribution < -0.4 is 0 Å². The Morgan fingerprint density at radius 2 is 1.03 bits per heavy atom. The van der Waals surface area contributed by atoms with Crippen LogP contribution in [0.1, 0.15) is 0 Å². The van der Waals surface area contributed by atoms with Crippen molar-refractivity contribution in [3.05, 3.63) is 132 Å². The van der Waals surface area contributed by atoms with Gasteiger partial charge in [0.05, 0.1) is 21.6 Å². The minimum absolute atomic E-state index is 0.666. The zero-order chi connectivity index (χ0) is 24.8. The lowest BCUT2D eigenvalue weighted by atomic mass is 9.95. The Bertz CT molecular complexity index is 1850. The molecule has 0 amide bonds. The van der Waals surface area contributed by atoms with Gasteiger partial charge in [0.15, 0.2) is 0 Å². The average molecular weight is 496 g/mol. The van der Waals surface area contributed by atoms with Crippen LogP contribution in [0.3, 0.4) is 0 Å². The maximum absolute atomic E-state index is 7.04. The Labute approximate surface area is 219 Å². The summed E-state index contributed by atoms with van der Waals surface area (Å²) in [6.45, 7) is 0. The lowest BCUT2D eigenvalue weighted by Crippen LogP contribution is -1.82. The first-order valence-corrected chi connectivity index (χ1v) is 12.7. The Hall–Kier alpha value is -4.53. The van der Waals surface area contributed by atoms with Gasteiger partial charge in [-0.1, -0.05) is 133 Å². The van der Waals surface area contributed by atoms with Crippen LogP contribution in [0.2, 0.25) is 5.02 Å². The van der Waals surface area contributed by atoms with E-state index in [1.54, 1.807) is 0 Å². The number of furan rings is 1. The number of H-pyrrole nitrogens is 1. The van der Waals surface area contributed by atoms with Crippen molar-refractivity contribution in [1.29, 1.82) is 0 Å². The van der Waals surface area contributed by atoms with Crippen molar-refractivity contribution in [2.75, 3.05) is 0 Å². The monoisotopic (exact) mass is 495 g/mol. The van der Waals surface area contributed by atoms with E-state index in [-0.39, 0.29) is 0 Å². The van der Waals surface area contributed by atoms with Gasteiger partial charge in [0.2, 0.25) is 0 Å². The summed E-state index contributed by atoms with van der Waals surface area (Å²) in [4.78, 5) is 3.66. The summed E-state index contributed by atoms with van der Waals surface area (Å²) in [5.74, 6) is 0.840. The zero-order valence-corrected chi connectivity index (χ0v) is 20.7. The Balaban J connectivity index is 1.66. The first-order valence-electron chi connectivity index (χ1n) is 12.3. The molecule has 0 atom stereocenters. The number of benzene rings is 5. The highest BCUT2D eigenvalue weighted by Gasteiger charge is 2.25. The summed E-state index contributed by atoms with van der Waals surface area (Å²) >= 11 is 7.04. The van der Waals surface area contributed by atoms with E-state index in [0.717, 1.165) is 66.7 Å². The van der Waals surface area contributed by atoms with Gasteiger partial charge in [0.25, 0.3) is 0 Å². The maximum Gasteiger partial charge on any atom is 0.145 e. The molecule has 0 spiro atoms. The molecule has 0 aliphatic heterocycles. The quantitative estimate of drug-likeness (QED) is 0.258. The Kier molecular flexibility index (Phi) is 5.20. The fourth-order valence-corrected chi connectivity index (χ4v) is 5.52. The van der Waals surface area contributed by atoms with Crippen molar-refractivity contribution in [2.24, 2.45) is 0 Å². The summed E-state index contributed by atoms with van der Waals surface area (Å²) < 4.78 is 6.84. The molecule has 0 unspecified atom stereocenters. The molecule has 0 fully saturated rings. The maximum atomic E-state index is 7.04. The molecule has 176 valence electrons. The van der Waals surface area contributed by atoms with E-state index in [1.165, 1.54) is 0 Å². The second-order valence-corrected chi connectivity index (χ2v) is 9.54. The summed E-state index contributed by atoms with van der Waals surface area (Å²) in [6.07, 6.45) is 0. The first-order chi connectivity index (χ1) is 18.3. The standard InChI is InChI=1S/C34H22ClNO/c35-27-21-26-28(22-13-5-1-6-14-22)33(25-19-11-4-12-20-25)37-34(26)30-29(23-15-7-2-8-16-23)31(36-32(27)30)24-17-9-3-10-18-24/h1-21,36H. The van der Waals surface area contributed by atoms with Crippen LogP contribution in [0.4, 0.5) is 0 Å². The van der Waals surface area contributed by atoms with Crippen molar-refractivity contribution >= 4 is 33.5 Å². The summed E-state index contributed by atoms with van der Waals surface area (Å²) in [5, 5.41) is 2.66. The molecule has 2 aromatic heterocycles. The third-order valence-corrected chi connectivity index (χ3v) is 7.20. The molecule has 37 heavy (non-hydrogen) atoms. The van der Waals surface area contributed by atoms with Gasteiger partial charge in [-0.3, -0.25) is 0 Å². The largest absolute Gasteiger partial charge is 0.455 e. The molecule has 2 heterocycles. The van der Waals surface area contributed by atoms with Gasteiger partial charge < -0.3 is 9.40 Å². The van der Waals surface area contributed by atoms with Crippen LogP contribution in [0.15, 0.2) is 132 Å². The highest BCUT2D eigenvalue weighted by molar-refractivity contribution is 6.38. The van der Waals surface area contributed by atoms with E-state index in [2.05, 4.69) is 89.9 Å². The molecule has 1 N–H and O–H groups in total. The molecule has 0 saturated heterocycles. The number of hydrogen-bond donors (Lipinski definition) is 1. The number of nitrogens with one attached hydrogen (secondary N) is 1. The normalized spacial score (nSPS) is 11.4. The summed E-state index contributed by atoms with van der Waals surface area (Å²) in [5.41, 5.74) is 9.19. The average Bonchev–Trinajstić information content (AvgIpc) is 3.55. The summed E-state index contributed by atoms with van der Waals surface area (Å²) in [6, 6.07) is 43.6. The molecular weight excluding hydrogens is 474 g/mol. The number of aromatic nitrogens is 1. The number of fused-ring (bicyclic) bond motifs is 3. The molecule has 0 aliphatic carbocycles. The predicted molar refractivity (Wildman–Crippen MR) is 155 cm³/mol. The molecule has 0 saturated carbocycles. The fraction of sp³-hybridized carbons (Fsp3) is 0. The molecular formula is C34H22ClNO. The molecule has 0 aliphatic rings. The number of rotatable bonds is 4. The van der Waals surface area contributed by atoms with Crippen LogP contribution in [-0.4, -0.2) is 4.98 Å². The summed E-state index contributed by atoms with van der Waals surface area (Å²) in [7, 11) is 0. The van der Waals surface area contributed by atoms with Gasteiger partial charge in [0, 0.05) is 22.1 Å². The van der Waals surface area contributed by atoms with Crippen molar-refractivity contribution < 1.29 is 4.42 Å². The second-order valence-electron chi connectivity index (χ2n) is 9.13. The lowest BCUT2D eigenvalue weighted by Gasteiger charge is -2.06.